The number of benzene rings is 2. The van der Waals surface area contributed by atoms with Gasteiger partial charge in [-0.2, -0.15) is 0 Å². The van der Waals surface area contributed by atoms with Crippen LogP contribution in [-0.2, 0) is 4.79 Å². The van der Waals surface area contributed by atoms with Crippen LogP contribution in [0.15, 0.2) is 60.9 Å². The molecule has 200 valence electrons. The Bertz CT molecular complexity index is 1220. The molecule has 9 nitrogen and oxygen atoms in total. The fraction of sp³-hybridized carbons (Fsp3) is 0.379. The van der Waals surface area contributed by atoms with Crippen molar-refractivity contribution in [1.82, 2.24) is 15.3 Å². The van der Waals surface area contributed by atoms with E-state index in [4.69, 9.17) is 21.6 Å². The maximum Gasteiger partial charge on any atom is 0.237 e. The van der Waals surface area contributed by atoms with Crippen molar-refractivity contribution in [1.29, 1.82) is 5.41 Å². The number of carbonyl (C=O) groups is 1. The average molecular weight is 516 g/mol. The fourth-order valence-electron chi connectivity index (χ4n) is 4.71. The smallest absolute Gasteiger partial charge is 0.237 e. The first kappa shape index (κ1) is 27.1. The Morgan fingerprint density at radius 3 is 2.29 bits per heavy atom. The number of para-hydroxylation sites is 1. The number of nitrogens with one attached hydrogen (secondary N) is 3. The van der Waals surface area contributed by atoms with E-state index < -0.39 is 6.04 Å². The standard InChI is InChI=1S/C29H37N7O2/c1-18(2)16-24(30)29(37)36-21-12-10-20(11-13-21)35-28-25(27(32)33-17-34-28)26(31)19-8-14-23(15-9-19)38-22-6-4-3-5-7-22/h3-9,14-15,17-18,20-21,24,31H,10-13,16,30H2,1-2H3,(H,36,37)(H3,32,33,34,35)/t20?,21?,24-/m0/s1. The molecule has 1 aliphatic carbocycles. The Balaban J connectivity index is 1.38. The zero-order valence-electron chi connectivity index (χ0n) is 22.0. The predicted octanol–water partition coefficient (Wildman–Crippen LogP) is 4.48. The summed E-state index contributed by atoms with van der Waals surface area (Å²) in [5, 5.41) is 15.4. The van der Waals surface area contributed by atoms with Gasteiger partial charge in [0.2, 0.25) is 5.91 Å². The second-order valence-electron chi connectivity index (χ2n) is 10.2. The lowest BCUT2D eigenvalue weighted by molar-refractivity contribution is -0.123. The number of hydrogen-bond acceptors (Lipinski definition) is 8. The number of nitrogens with zero attached hydrogens (tertiary/aromatic N) is 2. The second kappa shape index (κ2) is 12.5. The molecule has 1 aliphatic rings. The highest BCUT2D eigenvalue weighted by Crippen LogP contribution is 2.28. The zero-order valence-corrected chi connectivity index (χ0v) is 22.0. The van der Waals surface area contributed by atoms with Crippen molar-refractivity contribution < 1.29 is 9.53 Å². The highest BCUT2D eigenvalue weighted by molar-refractivity contribution is 6.16. The van der Waals surface area contributed by atoms with Crippen LogP contribution in [0.4, 0.5) is 11.6 Å². The molecular weight excluding hydrogens is 478 g/mol. The van der Waals surface area contributed by atoms with Crippen LogP contribution in [0.2, 0.25) is 0 Å². The van der Waals surface area contributed by atoms with Crippen molar-refractivity contribution >= 4 is 23.3 Å². The molecule has 1 fully saturated rings. The number of rotatable bonds is 10. The zero-order chi connectivity index (χ0) is 27.1. The molecule has 0 unspecified atom stereocenters. The van der Waals surface area contributed by atoms with E-state index in [0.29, 0.717) is 35.0 Å². The molecule has 1 saturated carbocycles. The molecular formula is C29H37N7O2. The third kappa shape index (κ3) is 7.07. The Hall–Kier alpha value is -3.98. The topological polar surface area (TPSA) is 152 Å². The number of hydrogen-bond donors (Lipinski definition) is 5. The molecule has 0 bridgehead atoms. The summed E-state index contributed by atoms with van der Waals surface area (Å²) in [4.78, 5) is 21.0. The summed E-state index contributed by atoms with van der Waals surface area (Å²) in [5.74, 6) is 2.52. The Labute approximate surface area is 223 Å². The first-order valence-corrected chi connectivity index (χ1v) is 13.2. The molecule has 2 aromatic carbocycles. The molecule has 1 heterocycles. The van der Waals surface area contributed by atoms with Gasteiger partial charge in [-0.1, -0.05) is 32.0 Å². The van der Waals surface area contributed by atoms with Crippen molar-refractivity contribution in [2.45, 2.75) is 64.1 Å². The molecule has 0 aliphatic heterocycles. The lowest BCUT2D eigenvalue weighted by atomic mass is 9.90. The van der Waals surface area contributed by atoms with Gasteiger partial charge in [-0.3, -0.25) is 10.2 Å². The SMILES string of the molecule is CC(C)C[C@H](N)C(=O)NC1CCC(Nc2ncnc(N)c2C(=N)c2ccc(Oc3ccccc3)cc2)CC1. The Morgan fingerprint density at radius 1 is 1.00 bits per heavy atom. The Kier molecular flexibility index (Phi) is 8.91. The summed E-state index contributed by atoms with van der Waals surface area (Å²) >= 11 is 0. The lowest BCUT2D eigenvalue weighted by Gasteiger charge is -2.31. The van der Waals surface area contributed by atoms with E-state index >= 15 is 0 Å². The van der Waals surface area contributed by atoms with E-state index in [1.807, 2.05) is 54.6 Å². The van der Waals surface area contributed by atoms with Crippen LogP contribution in [0.3, 0.4) is 0 Å². The van der Waals surface area contributed by atoms with E-state index in [1.165, 1.54) is 6.33 Å². The summed E-state index contributed by atoms with van der Waals surface area (Å²) in [5.41, 5.74) is 13.6. The van der Waals surface area contributed by atoms with Gasteiger partial charge < -0.3 is 26.8 Å². The summed E-state index contributed by atoms with van der Waals surface area (Å²) in [6.07, 6.45) is 5.48. The maximum atomic E-state index is 12.4. The molecule has 9 heteroatoms. The summed E-state index contributed by atoms with van der Waals surface area (Å²) in [6, 6.07) is 16.6. The Morgan fingerprint density at radius 2 is 1.63 bits per heavy atom. The van der Waals surface area contributed by atoms with Gasteiger partial charge >= 0.3 is 0 Å². The van der Waals surface area contributed by atoms with E-state index in [9.17, 15) is 4.79 Å². The van der Waals surface area contributed by atoms with E-state index in [2.05, 4.69) is 34.4 Å². The quantitative estimate of drug-likeness (QED) is 0.250. The van der Waals surface area contributed by atoms with E-state index in [1.54, 1.807) is 0 Å². The first-order valence-electron chi connectivity index (χ1n) is 13.2. The number of ether oxygens (including phenoxy) is 1. The van der Waals surface area contributed by atoms with E-state index in [0.717, 1.165) is 31.4 Å². The van der Waals surface area contributed by atoms with Crippen molar-refractivity contribution in [3.05, 3.63) is 72.1 Å². The molecule has 0 spiro atoms. The van der Waals surface area contributed by atoms with Crippen molar-refractivity contribution in [3.8, 4) is 11.5 Å². The molecule has 3 aromatic rings. The minimum Gasteiger partial charge on any atom is -0.457 e. The highest BCUT2D eigenvalue weighted by atomic mass is 16.5. The third-order valence-corrected chi connectivity index (χ3v) is 6.73. The van der Waals surface area contributed by atoms with Gasteiger partial charge in [0.05, 0.1) is 17.3 Å². The van der Waals surface area contributed by atoms with Gasteiger partial charge in [0.15, 0.2) is 0 Å². The number of nitrogen functional groups attached to an aromatic ring is 1. The highest BCUT2D eigenvalue weighted by Gasteiger charge is 2.26. The van der Waals surface area contributed by atoms with Crippen LogP contribution < -0.4 is 26.8 Å². The number of carbonyl (C=O) groups excluding carboxylic acids is 1. The van der Waals surface area contributed by atoms with Crippen LogP contribution in [0.1, 0.15) is 57.1 Å². The third-order valence-electron chi connectivity index (χ3n) is 6.73. The monoisotopic (exact) mass is 515 g/mol. The van der Waals surface area contributed by atoms with Gasteiger partial charge in [-0.05, 0) is 74.4 Å². The molecule has 7 N–H and O–H groups in total. The molecule has 0 saturated heterocycles. The number of aromatic nitrogens is 2. The summed E-state index contributed by atoms with van der Waals surface area (Å²) in [6.45, 7) is 4.13. The van der Waals surface area contributed by atoms with Crippen molar-refractivity contribution in [2.75, 3.05) is 11.1 Å². The van der Waals surface area contributed by atoms with Gasteiger partial charge in [-0.15, -0.1) is 0 Å². The lowest BCUT2D eigenvalue weighted by Crippen LogP contribution is -2.47. The predicted molar refractivity (Wildman–Crippen MR) is 151 cm³/mol. The maximum absolute atomic E-state index is 12.4. The van der Waals surface area contributed by atoms with Gasteiger partial charge in [0.25, 0.3) is 0 Å². The van der Waals surface area contributed by atoms with Gasteiger partial charge in [0, 0.05) is 17.6 Å². The molecule has 1 aromatic heterocycles. The van der Waals surface area contributed by atoms with E-state index in [-0.39, 0.29) is 29.5 Å². The molecule has 1 atom stereocenters. The number of nitrogens with two attached hydrogens (primary N) is 2. The minimum absolute atomic E-state index is 0.0744. The van der Waals surface area contributed by atoms with Crippen LogP contribution >= 0.6 is 0 Å². The largest absolute Gasteiger partial charge is 0.457 e. The molecule has 38 heavy (non-hydrogen) atoms. The van der Waals surface area contributed by atoms with Gasteiger partial charge in [-0.25, -0.2) is 9.97 Å². The molecule has 1 amide bonds. The molecule has 4 rings (SSSR count). The van der Waals surface area contributed by atoms with Gasteiger partial charge in [0.1, 0.15) is 29.5 Å². The van der Waals surface area contributed by atoms with Crippen LogP contribution in [0.5, 0.6) is 11.5 Å². The normalized spacial score (nSPS) is 18.0. The average Bonchev–Trinajstić information content (AvgIpc) is 2.90. The second-order valence-corrected chi connectivity index (χ2v) is 10.2. The summed E-state index contributed by atoms with van der Waals surface area (Å²) < 4.78 is 5.86. The van der Waals surface area contributed by atoms with Crippen LogP contribution in [-0.4, -0.2) is 39.7 Å². The van der Waals surface area contributed by atoms with Crippen molar-refractivity contribution in [2.24, 2.45) is 11.7 Å². The number of anilines is 2. The molecule has 0 radical (unpaired) electrons. The first-order chi connectivity index (χ1) is 18.3. The van der Waals surface area contributed by atoms with Crippen LogP contribution in [0, 0.1) is 11.3 Å². The summed E-state index contributed by atoms with van der Waals surface area (Å²) in [7, 11) is 0. The fourth-order valence-corrected chi connectivity index (χ4v) is 4.71. The minimum atomic E-state index is -0.470. The number of amides is 1. The van der Waals surface area contributed by atoms with Crippen molar-refractivity contribution in [3.63, 3.8) is 0 Å². The van der Waals surface area contributed by atoms with Crippen LogP contribution in [0.25, 0.3) is 0 Å².